The molecule has 0 unspecified atom stereocenters. The molecule has 3 aliphatic rings. The van der Waals surface area contributed by atoms with Crippen LogP contribution in [0, 0.1) is 17.7 Å². The average Bonchev–Trinajstić information content (AvgIpc) is 2.97. The van der Waals surface area contributed by atoms with E-state index in [0.29, 0.717) is 5.92 Å². The van der Waals surface area contributed by atoms with Gasteiger partial charge < -0.3 is 4.90 Å². The molecular formula is C23H28FN. The summed E-state index contributed by atoms with van der Waals surface area (Å²) in [6.45, 7) is 3.70. The lowest BCUT2D eigenvalue weighted by Crippen LogP contribution is -2.30. The number of halogens is 1. The minimum absolute atomic E-state index is 0.153. The van der Waals surface area contributed by atoms with Gasteiger partial charge in [-0.15, -0.1) is 0 Å². The van der Waals surface area contributed by atoms with Gasteiger partial charge in [-0.3, -0.25) is 0 Å². The van der Waals surface area contributed by atoms with Crippen molar-refractivity contribution in [2.24, 2.45) is 11.8 Å². The van der Waals surface area contributed by atoms with Gasteiger partial charge in [0.1, 0.15) is 5.82 Å². The predicted octanol–water partition coefficient (Wildman–Crippen LogP) is 5.47. The van der Waals surface area contributed by atoms with Gasteiger partial charge in [0.05, 0.1) is 0 Å². The Balaban J connectivity index is 1.49. The molecule has 0 spiro atoms. The SMILES string of the molecule is Fc1ccc([C@H](CCN2CC3CCC(CC3)C2)c2ccccc2)cc1. The molecule has 2 saturated heterocycles. The van der Waals surface area contributed by atoms with Crippen LogP contribution in [0.1, 0.15) is 49.1 Å². The Morgan fingerprint density at radius 1 is 0.800 bits per heavy atom. The third-order valence-electron chi connectivity index (χ3n) is 6.21. The van der Waals surface area contributed by atoms with Gasteiger partial charge in [0.15, 0.2) is 0 Å². The van der Waals surface area contributed by atoms with Crippen LogP contribution in [0.5, 0.6) is 0 Å². The lowest BCUT2D eigenvalue weighted by molar-refractivity contribution is 0.246. The second-order valence-corrected chi connectivity index (χ2v) is 7.95. The molecule has 5 rings (SSSR count). The highest BCUT2D eigenvalue weighted by molar-refractivity contribution is 5.32. The van der Waals surface area contributed by atoms with Gasteiger partial charge in [0, 0.05) is 19.0 Å². The molecule has 2 aliphatic heterocycles. The fourth-order valence-electron chi connectivity index (χ4n) is 4.80. The summed E-state index contributed by atoms with van der Waals surface area (Å²) < 4.78 is 13.4. The zero-order valence-corrected chi connectivity index (χ0v) is 14.9. The zero-order chi connectivity index (χ0) is 17.1. The molecule has 2 heteroatoms. The second-order valence-electron chi connectivity index (χ2n) is 7.95. The third kappa shape index (κ3) is 4.12. The van der Waals surface area contributed by atoms with E-state index in [-0.39, 0.29) is 5.82 Å². The van der Waals surface area contributed by atoms with Crippen LogP contribution in [0.3, 0.4) is 0 Å². The van der Waals surface area contributed by atoms with E-state index in [1.54, 1.807) is 12.1 Å². The van der Waals surface area contributed by atoms with E-state index < -0.39 is 0 Å². The predicted molar refractivity (Wildman–Crippen MR) is 101 cm³/mol. The average molecular weight is 337 g/mol. The number of rotatable bonds is 5. The highest BCUT2D eigenvalue weighted by Crippen LogP contribution is 2.35. The van der Waals surface area contributed by atoms with Crippen LogP contribution in [-0.4, -0.2) is 24.5 Å². The molecule has 1 saturated carbocycles. The summed E-state index contributed by atoms with van der Waals surface area (Å²) in [4.78, 5) is 2.70. The molecule has 132 valence electrons. The number of benzene rings is 2. The van der Waals surface area contributed by atoms with E-state index >= 15 is 0 Å². The standard InChI is InChI=1S/C23H28FN/c24-22-12-10-21(11-13-22)23(20-4-2-1-3-5-20)14-15-25-16-18-6-7-19(17-25)9-8-18/h1-5,10-13,18-19,23H,6-9,14-17H2/t18?,19?,23-/m1/s1. The van der Waals surface area contributed by atoms with E-state index in [4.69, 9.17) is 0 Å². The molecular weight excluding hydrogens is 309 g/mol. The molecule has 1 nitrogen and oxygen atoms in total. The first-order valence-corrected chi connectivity index (χ1v) is 9.80. The summed E-state index contributed by atoms with van der Waals surface area (Å²) in [6.07, 6.45) is 6.83. The Morgan fingerprint density at radius 3 is 1.96 bits per heavy atom. The number of nitrogens with zero attached hydrogens (tertiary/aromatic N) is 1. The van der Waals surface area contributed by atoms with Crippen LogP contribution in [0.15, 0.2) is 54.6 Å². The maximum Gasteiger partial charge on any atom is 0.123 e. The molecule has 1 atom stereocenters. The summed E-state index contributed by atoms with van der Waals surface area (Å²) >= 11 is 0. The highest BCUT2D eigenvalue weighted by Gasteiger charge is 2.29. The molecule has 3 fully saturated rings. The lowest BCUT2D eigenvalue weighted by Gasteiger charge is -2.26. The van der Waals surface area contributed by atoms with Gasteiger partial charge >= 0.3 is 0 Å². The Kier molecular flexibility index (Phi) is 5.17. The van der Waals surface area contributed by atoms with Gasteiger partial charge in [-0.1, -0.05) is 42.5 Å². The van der Waals surface area contributed by atoms with E-state index in [1.165, 1.54) is 49.9 Å². The van der Waals surface area contributed by atoms with Crippen LogP contribution in [0.4, 0.5) is 4.39 Å². The van der Waals surface area contributed by atoms with E-state index in [0.717, 1.165) is 24.8 Å². The number of hydrogen-bond donors (Lipinski definition) is 0. The molecule has 0 radical (unpaired) electrons. The molecule has 2 aromatic rings. The van der Waals surface area contributed by atoms with Crippen molar-refractivity contribution in [1.82, 2.24) is 4.90 Å². The van der Waals surface area contributed by atoms with Crippen molar-refractivity contribution >= 4 is 0 Å². The Morgan fingerprint density at radius 2 is 1.36 bits per heavy atom. The van der Waals surface area contributed by atoms with Crippen LogP contribution >= 0.6 is 0 Å². The first kappa shape index (κ1) is 16.8. The quantitative estimate of drug-likeness (QED) is 0.699. The number of hydrogen-bond acceptors (Lipinski definition) is 1. The molecule has 0 N–H and O–H groups in total. The third-order valence-corrected chi connectivity index (χ3v) is 6.21. The van der Waals surface area contributed by atoms with Gasteiger partial charge in [0.25, 0.3) is 0 Å². The molecule has 2 bridgehead atoms. The van der Waals surface area contributed by atoms with E-state index in [9.17, 15) is 4.39 Å². The van der Waals surface area contributed by atoms with E-state index in [2.05, 4.69) is 35.2 Å². The Hall–Kier alpha value is -1.67. The molecule has 1 aliphatic carbocycles. The summed E-state index contributed by atoms with van der Waals surface area (Å²) in [5.41, 5.74) is 2.57. The van der Waals surface area contributed by atoms with Gasteiger partial charge in [-0.2, -0.15) is 0 Å². The monoisotopic (exact) mass is 337 g/mol. The topological polar surface area (TPSA) is 3.24 Å². The largest absolute Gasteiger partial charge is 0.303 e. The van der Waals surface area contributed by atoms with Crippen molar-refractivity contribution in [3.63, 3.8) is 0 Å². The summed E-state index contributed by atoms with van der Waals surface area (Å²) in [5, 5.41) is 0. The minimum atomic E-state index is -0.153. The molecule has 0 amide bonds. The van der Waals surface area contributed by atoms with Crippen molar-refractivity contribution in [3.8, 4) is 0 Å². The summed E-state index contributed by atoms with van der Waals surface area (Å²) in [7, 11) is 0. The molecule has 0 aromatic heterocycles. The van der Waals surface area contributed by atoms with E-state index in [1.807, 2.05) is 12.1 Å². The maximum absolute atomic E-state index is 13.4. The molecule has 2 heterocycles. The number of fused-ring (bicyclic) bond motifs is 4. The lowest BCUT2D eigenvalue weighted by atomic mass is 9.84. The van der Waals surface area contributed by atoms with Crippen molar-refractivity contribution in [3.05, 3.63) is 71.5 Å². The summed E-state index contributed by atoms with van der Waals surface area (Å²) in [5.74, 6) is 2.03. The van der Waals surface area contributed by atoms with Crippen molar-refractivity contribution < 1.29 is 4.39 Å². The Bertz CT molecular complexity index is 644. The zero-order valence-electron chi connectivity index (χ0n) is 14.9. The van der Waals surface area contributed by atoms with Gasteiger partial charge in [0.2, 0.25) is 0 Å². The van der Waals surface area contributed by atoms with Crippen molar-refractivity contribution in [1.29, 1.82) is 0 Å². The summed E-state index contributed by atoms with van der Waals surface area (Å²) in [6, 6.07) is 17.8. The highest BCUT2D eigenvalue weighted by atomic mass is 19.1. The van der Waals surface area contributed by atoms with Crippen LogP contribution in [-0.2, 0) is 0 Å². The molecule has 2 aromatic carbocycles. The van der Waals surface area contributed by atoms with Gasteiger partial charge in [-0.25, -0.2) is 4.39 Å². The first-order chi connectivity index (χ1) is 12.3. The van der Waals surface area contributed by atoms with Gasteiger partial charge in [-0.05, 0) is 73.7 Å². The fraction of sp³-hybridized carbons (Fsp3) is 0.478. The van der Waals surface area contributed by atoms with Crippen molar-refractivity contribution in [2.45, 2.75) is 38.0 Å². The van der Waals surface area contributed by atoms with Crippen molar-refractivity contribution in [2.75, 3.05) is 19.6 Å². The normalized spacial score (nSPS) is 24.8. The smallest absolute Gasteiger partial charge is 0.123 e. The molecule has 25 heavy (non-hydrogen) atoms. The Labute approximate surface area is 150 Å². The minimum Gasteiger partial charge on any atom is -0.303 e. The van der Waals surface area contributed by atoms with Crippen LogP contribution in [0.25, 0.3) is 0 Å². The second kappa shape index (κ2) is 7.70. The maximum atomic E-state index is 13.4. The fourth-order valence-corrected chi connectivity index (χ4v) is 4.80. The first-order valence-electron chi connectivity index (χ1n) is 9.80. The van der Waals surface area contributed by atoms with Crippen LogP contribution < -0.4 is 0 Å². The van der Waals surface area contributed by atoms with Crippen LogP contribution in [0.2, 0.25) is 0 Å².